The molecule has 7 nitrogen and oxygen atoms in total. The molecule has 0 amide bonds. The molecule has 7 heteroatoms. The lowest BCUT2D eigenvalue weighted by Crippen LogP contribution is -2.36. The van der Waals surface area contributed by atoms with E-state index in [1.54, 1.807) is 12.4 Å². The van der Waals surface area contributed by atoms with Gasteiger partial charge in [-0.1, -0.05) is 6.42 Å². The summed E-state index contributed by atoms with van der Waals surface area (Å²) in [6.07, 6.45) is 11.6. The zero-order chi connectivity index (χ0) is 17.1. The highest BCUT2D eigenvalue weighted by atomic mass is 15.3. The molecule has 1 atom stereocenters. The quantitative estimate of drug-likeness (QED) is 0.847. The van der Waals surface area contributed by atoms with Crippen molar-refractivity contribution in [1.82, 2.24) is 29.6 Å². The maximum Gasteiger partial charge on any atom is 0.147 e. The van der Waals surface area contributed by atoms with Crippen molar-refractivity contribution in [1.29, 1.82) is 0 Å². The van der Waals surface area contributed by atoms with Gasteiger partial charge in [0, 0.05) is 38.4 Å². The van der Waals surface area contributed by atoms with Crippen molar-refractivity contribution in [3.63, 3.8) is 0 Å². The summed E-state index contributed by atoms with van der Waals surface area (Å²) in [6.45, 7) is 5.27. The molecule has 25 heavy (non-hydrogen) atoms. The molecule has 2 aromatic rings. The van der Waals surface area contributed by atoms with Crippen LogP contribution in [0.3, 0.4) is 0 Å². The number of aromatic nitrogens is 5. The third kappa shape index (κ3) is 3.66. The molecule has 0 aliphatic carbocycles. The van der Waals surface area contributed by atoms with Gasteiger partial charge in [-0.15, -0.1) is 10.2 Å². The highest BCUT2D eigenvalue weighted by molar-refractivity contribution is 5.36. The summed E-state index contributed by atoms with van der Waals surface area (Å²) < 4.78 is 2.22. The Morgan fingerprint density at radius 3 is 2.72 bits per heavy atom. The minimum absolute atomic E-state index is 0.406. The summed E-state index contributed by atoms with van der Waals surface area (Å²) in [4.78, 5) is 13.5. The van der Waals surface area contributed by atoms with Crippen molar-refractivity contribution in [3.8, 4) is 0 Å². The Balaban J connectivity index is 1.46. The average molecular weight is 341 g/mol. The van der Waals surface area contributed by atoms with Crippen LogP contribution in [0.1, 0.15) is 49.7 Å². The summed E-state index contributed by atoms with van der Waals surface area (Å²) >= 11 is 0. The lowest BCUT2D eigenvalue weighted by Gasteiger charge is -2.32. The molecule has 4 rings (SSSR count). The first-order chi connectivity index (χ1) is 12.3. The molecule has 0 unspecified atom stereocenters. The Labute approximate surface area is 149 Å². The van der Waals surface area contributed by atoms with Crippen LogP contribution < -0.4 is 4.90 Å². The van der Waals surface area contributed by atoms with Crippen molar-refractivity contribution in [2.75, 3.05) is 31.1 Å². The molecule has 2 aromatic heterocycles. The van der Waals surface area contributed by atoms with Gasteiger partial charge < -0.3 is 9.47 Å². The maximum absolute atomic E-state index is 4.56. The third-order valence-corrected chi connectivity index (χ3v) is 5.47. The summed E-state index contributed by atoms with van der Waals surface area (Å²) in [5, 5.41) is 9.06. The summed E-state index contributed by atoms with van der Waals surface area (Å²) in [6, 6.07) is 0. The molecule has 2 aliphatic rings. The van der Waals surface area contributed by atoms with Crippen LogP contribution in [0, 0.1) is 0 Å². The van der Waals surface area contributed by atoms with Crippen molar-refractivity contribution in [3.05, 3.63) is 30.2 Å². The van der Waals surface area contributed by atoms with Crippen LogP contribution in [-0.4, -0.2) is 55.8 Å². The van der Waals surface area contributed by atoms with E-state index in [1.165, 1.54) is 32.4 Å². The molecule has 4 heterocycles. The number of hydrogen-bond donors (Lipinski definition) is 0. The fourth-order valence-electron chi connectivity index (χ4n) is 4.04. The molecule has 0 radical (unpaired) electrons. The van der Waals surface area contributed by atoms with Crippen molar-refractivity contribution in [2.45, 2.75) is 44.6 Å². The fourth-order valence-corrected chi connectivity index (χ4v) is 4.04. The van der Waals surface area contributed by atoms with E-state index in [4.69, 9.17) is 0 Å². The molecule has 2 saturated heterocycles. The first-order valence-corrected chi connectivity index (χ1v) is 9.43. The van der Waals surface area contributed by atoms with Crippen LogP contribution in [-0.2, 0) is 13.6 Å². The van der Waals surface area contributed by atoms with Gasteiger partial charge in [-0.3, -0.25) is 9.88 Å². The number of piperidine rings is 2. The van der Waals surface area contributed by atoms with Crippen LogP contribution in [0.2, 0.25) is 0 Å². The summed E-state index contributed by atoms with van der Waals surface area (Å²) in [5.74, 6) is 3.57. The Hall–Kier alpha value is -2.02. The summed E-state index contributed by atoms with van der Waals surface area (Å²) in [7, 11) is 2.12. The third-order valence-electron chi connectivity index (χ3n) is 5.47. The Morgan fingerprint density at radius 1 is 1.04 bits per heavy atom. The van der Waals surface area contributed by atoms with Gasteiger partial charge in [-0.05, 0) is 38.8 Å². The molecule has 0 N–H and O–H groups in total. The maximum atomic E-state index is 4.56. The molecule has 0 aromatic carbocycles. The largest absolute Gasteiger partial charge is 0.355 e. The normalized spacial score (nSPS) is 22.3. The number of anilines is 1. The molecule has 2 fully saturated rings. The Bertz CT molecular complexity index is 678. The van der Waals surface area contributed by atoms with Gasteiger partial charge in [0.25, 0.3) is 0 Å². The number of rotatable bonds is 4. The number of hydrogen-bond acceptors (Lipinski definition) is 6. The zero-order valence-electron chi connectivity index (χ0n) is 15.0. The van der Waals surface area contributed by atoms with Gasteiger partial charge in [-0.2, -0.15) is 0 Å². The second-order valence-electron chi connectivity index (χ2n) is 7.22. The van der Waals surface area contributed by atoms with Gasteiger partial charge >= 0.3 is 0 Å². The van der Waals surface area contributed by atoms with E-state index in [-0.39, 0.29) is 0 Å². The standard InChI is InChI=1S/C18H27N7/c1-23-17(14-24-9-3-2-4-10-24)21-22-18(23)15-6-5-11-25(13-15)16-12-19-7-8-20-16/h7-8,12,15H,2-6,9-11,13-14H2,1H3/t15-/m0/s1. The first-order valence-electron chi connectivity index (χ1n) is 9.43. The topological polar surface area (TPSA) is 63.0 Å². The average Bonchev–Trinajstić information content (AvgIpc) is 3.04. The van der Waals surface area contributed by atoms with Crippen LogP contribution >= 0.6 is 0 Å². The first kappa shape index (κ1) is 16.4. The summed E-state index contributed by atoms with van der Waals surface area (Å²) in [5.41, 5.74) is 0. The van der Waals surface area contributed by atoms with E-state index in [1.807, 2.05) is 6.20 Å². The molecule has 134 valence electrons. The minimum atomic E-state index is 0.406. The van der Waals surface area contributed by atoms with Crippen LogP contribution in [0.25, 0.3) is 0 Å². The zero-order valence-corrected chi connectivity index (χ0v) is 15.0. The highest BCUT2D eigenvalue weighted by Gasteiger charge is 2.27. The Kier molecular flexibility index (Phi) is 4.92. The van der Waals surface area contributed by atoms with E-state index in [9.17, 15) is 0 Å². The van der Waals surface area contributed by atoms with E-state index >= 15 is 0 Å². The van der Waals surface area contributed by atoms with Crippen molar-refractivity contribution in [2.24, 2.45) is 7.05 Å². The predicted molar refractivity (Wildman–Crippen MR) is 96.4 cm³/mol. The lowest BCUT2D eigenvalue weighted by atomic mass is 9.97. The SMILES string of the molecule is Cn1c(CN2CCCCC2)nnc1[C@H]1CCCN(c2cnccn2)C1. The highest BCUT2D eigenvalue weighted by Crippen LogP contribution is 2.28. The molecule has 0 saturated carbocycles. The van der Waals surface area contributed by atoms with E-state index < -0.39 is 0 Å². The minimum Gasteiger partial charge on any atom is -0.355 e. The van der Waals surface area contributed by atoms with Gasteiger partial charge in [0.15, 0.2) is 0 Å². The van der Waals surface area contributed by atoms with Gasteiger partial charge in [0.2, 0.25) is 0 Å². The van der Waals surface area contributed by atoms with Crippen LogP contribution in [0.5, 0.6) is 0 Å². The van der Waals surface area contributed by atoms with E-state index in [0.29, 0.717) is 5.92 Å². The van der Waals surface area contributed by atoms with E-state index in [0.717, 1.165) is 49.9 Å². The van der Waals surface area contributed by atoms with Crippen molar-refractivity contribution >= 4 is 5.82 Å². The van der Waals surface area contributed by atoms with Crippen molar-refractivity contribution < 1.29 is 0 Å². The van der Waals surface area contributed by atoms with Gasteiger partial charge in [-0.25, -0.2) is 4.98 Å². The number of nitrogens with zero attached hydrogens (tertiary/aromatic N) is 7. The molecule has 0 bridgehead atoms. The Morgan fingerprint density at radius 2 is 1.92 bits per heavy atom. The molecule has 2 aliphatic heterocycles. The smallest absolute Gasteiger partial charge is 0.147 e. The molecular weight excluding hydrogens is 314 g/mol. The second kappa shape index (κ2) is 7.47. The fraction of sp³-hybridized carbons (Fsp3) is 0.667. The van der Waals surface area contributed by atoms with Crippen LogP contribution in [0.4, 0.5) is 5.82 Å². The van der Waals surface area contributed by atoms with Gasteiger partial charge in [0.05, 0.1) is 12.7 Å². The lowest BCUT2D eigenvalue weighted by molar-refractivity contribution is 0.213. The predicted octanol–water partition coefficient (Wildman–Crippen LogP) is 1.97. The second-order valence-corrected chi connectivity index (χ2v) is 7.22. The molecular formula is C18H27N7. The molecule has 0 spiro atoms. The monoisotopic (exact) mass is 341 g/mol. The van der Waals surface area contributed by atoms with Gasteiger partial charge in [0.1, 0.15) is 17.5 Å². The van der Waals surface area contributed by atoms with E-state index in [2.05, 4.69) is 41.6 Å². The number of likely N-dealkylation sites (tertiary alicyclic amines) is 1. The van der Waals surface area contributed by atoms with Crippen LogP contribution in [0.15, 0.2) is 18.6 Å².